The molecule has 1 heterocycles. The second-order valence-corrected chi connectivity index (χ2v) is 5.31. The summed E-state index contributed by atoms with van der Waals surface area (Å²) in [4.78, 5) is 24.9. The summed E-state index contributed by atoms with van der Waals surface area (Å²) in [5.41, 5.74) is 0.611. The van der Waals surface area contributed by atoms with Gasteiger partial charge in [-0.05, 0) is 37.5 Å². The van der Waals surface area contributed by atoms with Crippen LogP contribution in [-0.4, -0.2) is 34.5 Å². The van der Waals surface area contributed by atoms with Crippen LogP contribution in [0.2, 0.25) is 0 Å². The van der Waals surface area contributed by atoms with Crippen molar-refractivity contribution in [1.29, 1.82) is 0 Å². The fourth-order valence-electron chi connectivity index (χ4n) is 2.58. The van der Waals surface area contributed by atoms with Gasteiger partial charge < -0.3 is 10.0 Å². The van der Waals surface area contributed by atoms with Crippen LogP contribution in [0.15, 0.2) is 24.3 Å². The third kappa shape index (κ3) is 3.35. The van der Waals surface area contributed by atoms with Crippen LogP contribution in [0.4, 0.5) is 4.39 Å². The largest absolute Gasteiger partial charge is 0.481 e. The molecule has 0 saturated carbocycles. The van der Waals surface area contributed by atoms with Gasteiger partial charge in [0.1, 0.15) is 5.82 Å². The van der Waals surface area contributed by atoms with Gasteiger partial charge in [-0.15, -0.1) is 0 Å². The molecule has 1 aliphatic rings. The number of likely N-dealkylation sites (tertiary alicyclic amines) is 1. The van der Waals surface area contributed by atoms with E-state index in [4.69, 9.17) is 5.11 Å². The predicted molar refractivity (Wildman–Crippen MR) is 71.6 cm³/mol. The van der Waals surface area contributed by atoms with Crippen molar-refractivity contribution in [3.63, 3.8) is 0 Å². The number of hydrogen-bond acceptors (Lipinski definition) is 2. The molecule has 5 heteroatoms. The molecule has 0 radical (unpaired) electrons. The smallest absolute Gasteiger partial charge is 0.308 e. The molecule has 4 nitrogen and oxygen atoms in total. The van der Waals surface area contributed by atoms with Crippen LogP contribution in [0.25, 0.3) is 0 Å². The summed E-state index contributed by atoms with van der Waals surface area (Å²) in [5, 5.41) is 9.06. The van der Waals surface area contributed by atoms with Gasteiger partial charge in [0.25, 0.3) is 0 Å². The van der Waals surface area contributed by atoms with Crippen LogP contribution < -0.4 is 0 Å². The molecule has 1 fully saturated rings. The molecule has 0 aromatic heterocycles. The van der Waals surface area contributed by atoms with E-state index < -0.39 is 11.9 Å². The number of halogens is 1. The van der Waals surface area contributed by atoms with Gasteiger partial charge in [0.2, 0.25) is 5.91 Å². The topological polar surface area (TPSA) is 57.6 Å². The van der Waals surface area contributed by atoms with Gasteiger partial charge in [-0.3, -0.25) is 9.59 Å². The fourth-order valence-corrected chi connectivity index (χ4v) is 2.58. The second kappa shape index (κ2) is 6.03. The van der Waals surface area contributed by atoms with Crippen molar-refractivity contribution in [2.45, 2.75) is 32.2 Å². The molecule has 0 spiro atoms. The Balaban J connectivity index is 2.05. The maximum atomic E-state index is 13.1. The van der Waals surface area contributed by atoms with Gasteiger partial charge in [-0.2, -0.15) is 0 Å². The number of piperidine rings is 1. The van der Waals surface area contributed by atoms with Gasteiger partial charge in [-0.25, -0.2) is 4.39 Å². The highest BCUT2D eigenvalue weighted by atomic mass is 19.1. The molecule has 1 aromatic rings. The Bertz CT molecular complexity index is 518. The number of aliphatic carboxylic acids is 1. The number of hydrogen-bond donors (Lipinski definition) is 1. The van der Waals surface area contributed by atoms with E-state index in [1.165, 1.54) is 12.1 Å². The van der Waals surface area contributed by atoms with Crippen LogP contribution >= 0.6 is 0 Å². The van der Waals surface area contributed by atoms with E-state index in [2.05, 4.69) is 0 Å². The maximum absolute atomic E-state index is 13.1. The first kappa shape index (κ1) is 14.5. The minimum Gasteiger partial charge on any atom is -0.481 e. The Hall–Kier alpha value is -1.91. The first-order valence-electron chi connectivity index (χ1n) is 6.74. The summed E-state index contributed by atoms with van der Waals surface area (Å²) in [6, 6.07) is 5.97. The molecule has 2 atom stereocenters. The Labute approximate surface area is 117 Å². The van der Waals surface area contributed by atoms with E-state index in [1.54, 1.807) is 17.0 Å². The molecule has 1 aliphatic heterocycles. The Morgan fingerprint density at radius 3 is 2.80 bits per heavy atom. The maximum Gasteiger partial charge on any atom is 0.308 e. The van der Waals surface area contributed by atoms with E-state index in [-0.39, 0.29) is 30.7 Å². The number of nitrogens with zero attached hydrogens (tertiary/aromatic N) is 1. The van der Waals surface area contributed by atoms with E-state index >= 15 is 0 Å². The summed E-state index contributed by atoms with van der Waals surface area (Å²) in [6.45, 7) is 2.16. The van der Waals surface area contributed by atoms with E-state index in [0.717, 1.165) is 0 Å². The van der Waals surface area contributed by atoms with Crippen LogP contribution in [0.5, 0.6) is 0 Å². The number of benzene rings is 1. The molecule has 20 heavy (non-hydrogen) atoms. The number of amides is 1. The average molecular weight is 279 g/mol. The molecule has 0 aliphatic carbocycles. The van der Waals surface area contributed by atoms with E-state index in [0.29, 0.717) is 18.4 Å². The third-order valence-electron chi connectivity index (χ3n) is 3.80. The first-order chi connectivity index (χ1) is 9.47. The van der Waals surface area contributed by atoms with Crippen LogP contribution in [0, 0.1) is 11.7 Å². The van der Waals surface area contributed by atoms with Crippen molar-refractivity contribution in [3.8, 4) is 0 Å². The van der Waals surface area contributed by atoms with Crippen LogP contribution in [0.1, 0.15) is 25.3 Å². The minimum absolute atomic E-state index is 0.0339. The monoisotopic (exact) mass is 279 g/mol. The number of rotatable bonds is 3. The van der Waals surface area contributed by atoms with Crippen molar-refractivity contribution < 1.29 is 19.1 Å². The quantitative estimate of drug-likeness (QED) is 0.921. The molecule has 108 valence electrons. The predicted octanol–water partition coefficient (Wildman–Crippen LogP) is 2.08. The number of carboxylic acid groups (broad SMARTS) is 1. The van der Waals surface area contributed by atoms with Gasteiger partial charge in [0.05, 0.1) is 12.3 Å². The highest BCUT2D eigenvalue weighted by Gasteiger charge is 2.32. The lowest BCUT2D eigenvalue weighted by Gasteiger charge is -2.36. The molecule has 0 bridgehead atoms. The van der Waals surface area contributed by atoms with Crippen LogP contribution in [-0.2, 0) is 16.0 Å². The molecule has 1 aromatic carbocycles. The van der Waals surface area contributed by atoms with E-state index in [1.807, 2.05) is 6.92 Å². The molecule has 2 unspecified atom stereocenters. The van der Waals surface area contributed by atoms with E-state index in [9.17, 15) is 14.0 Å². The first-order valence-corrected chi connectivity index (χ1v) is 6.74. The lowest BCUT2D eigenvalue weighted by atomic mass is 9.93. The highest BCUT2D eigenvalue weighted by Crippen LogP contribution is 2.23. The summed E-state index contributed by atoms with van der Waals surface area (Å²) < 4.78 is 13.1. The molecule has 1 amide bonds. The minimum atomic E-state index is -0.861. The third-order valence-corrected chi connectivity index (χ3v) is 3.80. The van der Waals surface area contributed by atoms with Crippen molar-refractivity contribution in [3.05, 3.63) is 35.6 Å². The van der Waals surface area contributed by atoms with Gasteiger partial charge in [0.15, 0.2) is 0 Å². The van der Waals surface area contributed by atoms with Crippen molar-refractivity contribution in [2.75, 3.05) is 6.54 Å². The molecular weight excluding hydrogens is 261 g/mol. The Morgan fingerprint density at radius 2 is 2.15 bits per heavy atom. The number of carbonyl (C=O) groups excluding carboxylic acids is 1. The zero-order valence-electron chi connectivity index (χ0n) is 11.4. The second-order valence-electron chi connectivity index (χ2n) is 5.31. The number of carboxylic acids is 1. The fraction of sp³-hybridized carbons (Fsp3) is 0.467. The van der Waals surface area contributed by atoms with Crippen molar-refractivity contribution >= 4 is 11.9 Å². The van der Waals surface area contributed by atoms with Crippen molar-refractivity contribution in [2.24, 2.45) is 5.92 Å². The SMILES string of the molecule is CC1CCC(C(=O)O)CN1C(=O)Cc1cccc(F)c1. The Morgan fingerprint density at radius 1 is 1.40 bits per heavy atom. The molecular formula is C15H18FNO3. The lowest BCUT2D eigenvalue weighted by Crippen LogP contribution is -2.47. The molecule has 1 N–H and O–H groups in total. The summed E-state index contributed by atoms with van der Waals surface area (Å²) in [6.07, 6.45) is 1.39. The van der Waals surface area contributed by atoms with Gasteiger partial charge in [0, 0.05) is 12.6 Å². The Kier molecular flexibility index (Phi) is 4.37. The summed E-state index contributed by atoms with van der Waals surface area (Å²) >= 11 is 0. The van der Waals surface area contributed by atoms with Gasteiger partial charge in [-0.1, -0.05) is 12.1 Å². The van der Waals surface area contributed by atoms with Crippen molar-refractivity contribution in [1.82, 2.24) is 4.90 Å². The molecule has 2 rings (SSSR count). The standard InChI is InChI=1S/C15H18FNO3/c1-10-5-6-12(15(19)20)9-17(10)14(18)8-11-3-2-4-13(16)7-11/h2-4,7,10,12H,5-6,8-9H2,1H3,(H,19,20). The normalized spacial score (nSPS) is 22.6. The number of carbonyl (C=O) groups is 2. The lowest BCUT2D eigenvalue weighted by molar-refractivity contribution is -0.146. The zero-order valence-corrected chi connectivity index (χ0v) is 11.4. The zero-order chi connectivity index (χ0) is 14.7. The summed E-state index contributed by atoms with van der Waals surface area (Å²) in [5.74, 6) is -1.87. The summed E-state index contributed by atoms with van der Waals surface area (Å²) in [7, 11) is 0. The average Bonchev–Trinajstić information content (AvgIpc) is 2.38. The molecule has 1 saturated heterocycles. The highest BCUT2D eigenvalue weighted by molar-refractivity contribution is 5.80. The van der Waals surface area contributed by atoms with Gasteiger partial charge >= 0.3 is 5.97 Å². The van der Waals surface area contributed by atoms with Crippen LogP contribution in [0.3, 0.4) is 0 Å².